The van der Waals surface area contributed by atoms with Gasteiger partial charge in [-0.3, -0.25) is 4.68 Å². The van der Waals surface area contributed by atoms with Crippen LogP contribution < -0.4 is 15.2 Å². The van der Waals surface area contributed by atoms with Crippen LogP contribution in [0.25, 0.3) is 0 Å². The van der Waals surface area contributed by atoms with Crippen molar-refractivity contribution in [1.82, 2.24) is 9.78 Å². The van der Waals surface area contributed by atoms with E-state index in [0.29, 0.717) is 5.82 Å². The highest BCUT2D eigenvalue weighted by molar-refractivity contribution is 5.39. The van der Waals surface area contributed by atoms with Gasteiger partial charge in [-0.05, 0) is 30.5 Å². The molecule has 1 aromatic carbocycles. The van der Waals surface area contributed by atoms with Crippen molar-refractivity contribution in [3.63, 3.8) is 0 Å². The highest BCUT2D eigenvalue weighted by atomic mass is 16.5. The zero-order valence-corrected chi connectivity index (χ0v) is 11.5. The van der Waals surface area contributed by atoms with E-state index in [-0.39, 0.29) is 0 Å². The van der Waals surface area contributed by atoms with E-state index in [0.717, 1.165) is 35.6 Å². The van der Waals surface area contributed by atoms with Gasteiger partial charge in [-0.1, -0.05) is 0 Å². The molecule has 5 nitrogen and oxygen atoms in total. The standard InChI is InChI=1S/C14H19N3O2/c1-17-14(15)8-11(16-17)5-4-10-6-12(18-2)9-13(7-10)19-3/h6-9H,4-5,15H2,1-3H3. The summed E-state index contributed by atoms with van der Waals surface area (Å²) in [5, 5.41) is 4.34. The Bertz CT molecular complexity index is 522. The average Bonchev–Trinajstić information content (AvgIpc) is 2.75. The Morgan fingerprint density at radius 3 is 2.16 bits per heavy atom. The van der Waals surface area contributed by atoms with E-state index in [9.17, 15) is 0 Å². The minimum atomic E-state index is 0.679. The Morgan fingerprint density at radius 2 is 1.68 bits per heavy atom. The fraction of sp³-hybridized carbons (Fsp3) is 0.357. The zero-order chi connectivity index (χ0) is 13.8. The average molecular weight is 261 g/mol. The third-order valence-corrected chi connectivity index (χ3v) is 3.05. The molecule has 102 valence electrons. The van der Waals surface area contributed by atoms with Crippen LogP contribution in [0, 0.1) is 0 Å². The van der Waals surface area contributed by atoms with Gasteiger partial charge in [0.15, 0.2) is 0 Å². The summed E-state index contributed by atoms with van der Waals surface area (Å²) in [5.74, 6) is 2.28. The smallest absolute Gasteiger partial charge is 0.122 e. The number of hydrogen-bond acceptors (Lipinski definition) is 4. The summed E-state index contributed by atoms with van der Waals surface area (Å²) in [5.41, 5.74) is 7.90. The van der Waals surface area contributed by atoms with E-state index < -0.39 is 0 Å². The van der Waals surface area contributed by atoms with Crippen LogP contribution in [0.15, 0.2) is 24.3 Å². The van der Waals surface area contributed by atoms with Crippen molar-refractivity contribution >= 4 is 5.82 Å². The first kappa shape index (κ1) is 13.3. The monoisotopic (exact) mass is 261 g/mol. The molecule has 0 aliphatic rings. The Morgan fingerprint density at radius 1 is 1.05 bits per heavy atom. The fourth-order valence-corrected chi connectivity index (χ4v) is 1.95. The molecule has 0 spiro atoms. The molecule has 2 N–H and O–H groups in total. The van der Waals surface area contributed by atoms with Gasteiger partial charge in [0, 0.05) is 19.2 Å². The number of methoxy groups -OCH3 is 2. The lowest BCUT2D eigenvalue weighted by Gasteiger charge is -2.07. The highest BCUT2D eigenvalue weighted by Gasteiger charge is 2.05. The Hall–Kier alpha value is -2.17. The normalized spacial score (nSPS) is 10.5. The number of ether oxygens (including phenoxy) is 2. The first-order valence-corrected chi connectivity index (χ1v) is 6.12. The van der Waals surface area contributed by atoms with Crippen molar-refractivity contribution in [2.45, 2.75) is 12.8 Å². The lowest BCUT2D eigenvalue weighted by Crippen LogP contribution is -1.98. The molecule has 0 fully saturated rings. The van der Waals surface area contributed by atoms with E-state index in [4.69, 9.17) is 15.2 Å². The van der Waals surface area contributed by atoms with Gasteiger partial charge in [-0.15, -0.1) is 0 Å². The minimum absolute atomic E-state index is 0.679. The van der Waals surface area contributed by atoms with Gasteiger partial charge < -0.3 is 15.2 Å². The van der Waals surface area contributed by atoms with Crippen LogP contribution in [0.1, 0.15) is 11.3 Å². The molecule has 0 amide bonds. The highest BCUT2D eigenvalue weighted by Crippen LogP contribution is 2.23. The largest absolute Gasteiger partial charge is 0.497 e. The summed E-state index contributed by atoms with van der Waals surface area (Å²) in [6.07, 6.45) is 1.70. The van der Waals surface area contributed by atoms with Crippen molar-refractivity contribution in [3.8, 4) is 11.5 Å². The third kappa shape index (κ3) is 3.19. The van der Waals surface area contributed by atoms with Crippen LogP contribution in [0.4, 0.5) is 5.82 Å². The van der Waals surface area contributed by atoms with E-state index in [1.807, 2.05) is 31.3 Å². The summed E-state index contributed by atoms with van der Waals surface area (Å²) in [6, 6.07) is 7.78. The van der Waals surface area contributed by atoms with Gasteiger partial charge in [-0.25, -0.2) is 0 Å². The molecule has 0 bridgehead atoms. The van der Waals surface area contributed by atoms with Gasteiger partial charge in [0.05, 0.1) is 19.9 Å². The third-order valence-electron chi connectivity index (χ3n) is 3.05. The second-order valence-corrected chi connectivity index (χ2v) is 4.41. The van der Waals surface area contributed by atoms with Gasteiger partial charge in [-0.2, -0.15) is 5.10 Å². The summed E-state index contributed by atoms with van der Waals surface area (Å²) >= 11 is 0. The molecular weight excluding hydrogens is 242 g/mol. The van der Waals surface area contributed by atoms with E-state index in [2.05, 4.69) is 5.10 Å². The number of nitrogens with zero attached hydrogens (tertiary/aromatic N) is 2. The van der Waals surface area contributed by atoms with Gasteiger partial charge in [0.2, 0.25) is 0 Å². The predicted molar refractivity (Wildman–Crippen MR) is 74.6 cm³/mol. The van der Waals surface area contributed by atoms with Crippen LogP contribution in [0.2, 0.25) is 0 Å². The van der Waals surface area contributed by atoms with E-state index in [1.165, 1.54) is 0 Å². The van der Waals surface area contributed by atoms with E-state index >= 15 is 0 Å². The van der Waals surface area contributed by atoms with Crippen molar-refractivity contribution in [1.29, 1.82) is 0 Å². The maximum absolute atomic E-state index is 5.76. The number of aryl methyl sites for hydroxylation is 3. The maximum Gasteiger partial charge on any atom is 0.122 e. The quantitative estimate of drug-likeness (QED) is 0.891. The predicted octanol–water partition coefficient (Wildman–Crippen LogP) is 1.80. The molecule has 19 heavy (non-hydrogen) atoms. The number of rotatable bonds is 5. The van der Waals surface area contributed by atoms with Crippen molar-refractivity contribution in [3.05, 3.63) is 35.5 Å². The summed E-state index contributed by atoms with van der Waals surface area (Å²) in [7, 11) is 5.14. The number of nitrogen functional groups attached to an aromatic ring is 1. The molecule has 5 heteroatoms. The molecule has 2 aromatic rings. The molecule has 0 saturated carbocycles. The van der Waals surface area contributed by atoms with Crippen molar-refractivity contribution < 1.29 is 9.47 Å². The summed E-state index contributed by atoms with van der Waals surface area (Å²) < 4.78 is 12.2. The Labute approximate surface area is 112 Å². The van der Waals surface area contributed by atoms with Crippen molar-refractivity contribution in [2.75, 3.05) is 20.0 Å². The number of hydrogen-bond donors (Lipinski definition) is 1. The first-order chi connectivity index (χ1) is 9.12. The lowest BCUT2D eigenvalue weighted by atomic mass is 10.1. The first-order valence-electron chi connectivity index (χ1n) is 6.12. The van der Waals surface area contributed by atoms with Gasteiger partial charge in [0.1, 0.15) is 17.3 Å². The van der Waals surface area contributed by atoms with Crippen LogP contribution >= 0.6 is 0 Å². The molecule has 1 heterocycles. The summed E-state index contributed by atoms with van der Waals surface area (Å²) in [4.78, 5) is 0. The number of benzene rings is 1. The topological polar surface area (TPSA) is 62.3 Å². The Kier molecular flexibility index (Phi) is 3.94. The summed E-state index contributed by atoms with van der Waals surface area (Å²) in [6.45, 7) is 0. The lowest BCUT2D eigenvalue weighted by molar-refractivity contribution is 0.393. The molecule has 0 atom stereocenters. The van der Waals surface area contributed by atoms with Crippen LogP contribution in [-0.4, -0.2) is 24.0 Å². The molecular formula is C14H19N3O2. The zero-order valence-electron chi connectivity index (χ0n) is 11.5. The minimum Gasteiger partial charge on any atom is -0.497 e. The van der Waals surface area contributed by atoms with Crippen LogP contribution in [0.5, 0.6) is 11.5 Å². The van der Waals surface area contributed by atoms with Gasteiger partial charge in [0.25, 0.3) is 0 Å². The maximum atomic E-state index is 5.76. The van der Waals surface area contributed by atoms with Crippen LogP contribution in [0.3, 0.4) is 0 Å². The number of aromatic nitrogens is 2. The molecule has 0 unspecified atom stereocenters. The fourth-order valence-electron chi connectivity index (χ4n) is 1.95. The van der Waals surface area contributed by atoms with E-state index in [1.54, 1.807) is 18.9 Å². The SMILES string of the molecule is COc1cc(CCc2cc(N)n(C)n2)cc(OC)c1. The molecule has 2 rings (SSSR count). The molecule has 0 aliphatic heterocycles. The molecule has 1 aromatic heterocycles. The second kappa shape index (κ2) is 5.65. The van der Waals surface area contributed by atoms with Crippen LogP contribution in [-0.2, 0) is 19.9 Å². The van der Waals surface area contributed by atoms with Gasteiger partial charge >= 0.3 is 0 Å². The van der Waals surface area contributed by atoms with Crippen molar-refractivity contribution in [2.24, 2.45) is 7.05 Å². The number of anilines is 1. The molecule has 0 aliphatic carbocycles. The molecule has 0 saturated heterocycles. The molecule has 0 radical (unpaired) electrons. The Balaban J connectivity index is 2.10. The number of nitrogens with two attached hydrogens (primary N) is 1. The second-order valence-electron chi connectivity index (χ2n) is 4.41.